The van der Waals surface area contributed by atoms with Crippen LogP contribution in [0.25, 0.3) is 10.8 Å². The Hall–Kier alpha value is -1.67. The Kier molecular flexibility index (Phi) is 5.90. The molecule has 0 aliphatic heterocycles. The predicted molar refractivity (Wildman–Crippen MR) is 99.5 cm³/mol. The molecule has 0 fully saturated rings. The van der Waals surface area contributed by atoms with Crippen molar-refractivity contribution in [2.75, 3.05) is 12.3 Å². The summed E-state index contributed by atoms with van der Waals surface area (Å²) in [4.78, 5) is 19.7. The maximum absolute atomic E-state index is 12.5. The van der Waals surface area contributed by atoms with Gasteiger partial charge in [-0.15, -0.1) is 21.5 Å². The van der Waals surface area contributed by atoms with Gasteiger partial charge in [0.1, 0.15) is 4.88 Å². The van der Waals surface area contributed by atoms with Crippen molar-refractivity contribution in [3.05, 3.63) is 22.5 Å². The molecular formula is C17H22N4O2S2. The quantitative estimate of drug-likeness (QED) is 0.701. The van der Waals surface area contributed by atoms with Crippen LogP contribution in [0.2, 0.25) is 0 Å². The monoisotopic (exact) mass is 378 g/mol. The number of amides is 1. The zero-order valence-corrected chi connectivity index (χ0v) is 16.4. The van der Waals surface area contributed by atoms with Crippen LogP contribution in [0.15, 0.2) is 21.4 Å². The smallest absolute Gasteiger partial charge is 0.277 e. The average Bonchev–Trinajstić information content (AvgIpc) is 3.20. The molecule has 2 aromatic rings. The van der Waals surface area contributed by atoms with E-state index in [0.29, 0.717) is 23.4 Å². The van der Waals surface area contributed by atoms with Crippen LogP contribution in [0.5, 0.6) is 0 Å². The number of aromatic nitrogens is 3. The predicted octanol–water partition coefficient (Wildman–Crippen LogP) is 4.21. The maximum Gasteiger partial charge on any atom is 0.277 e. The molecule has 1 aliphatic rings. The molecule has 8 heteroatoms. The third kappa shape index (κ3) is 4.30. The Morgan fingerprint density at radius 2 is 2.20 bits per heavy atom. The highest BCUT2D eigenvalue weighted by atomic mass is 32.2. The van der Waals surface area contributed by atoms with Crippen LogP contribution in [0.1, 0.15) is 43.3 Å². The van der Waals surface area contributed by atoms with E-state index in [0.717, 1.165) is 40.5 Å². The number of aryl methyl sites for hydroxylation is 2. The molecule has 25 heavy (non-hydrogen) atoms. The summed E-state index contributed by atoms with van der Waals surface area (Å²) in [5.74, 6) is 0.860. The molecule has 0 bridgehead atoms. The van der Waals surface area contributed by atoms with Crippen molar-refractivity contribution in [3.8, 4) is 10.8 Å². The summed E-state index contributed by atoms with van der Waals surface area (Å²) >= 11 is 2.82. The second-order valence-corrected chi connectivity index (χ2v) is 8.02. The van der Waals surface area contributed by atoms with Crippen LogP contribution < -0.4 is 0 Å². The molecule has 0 N–H and O–H groups in total. The molecule has 6 nitrogen and oxygen atoms in total. The molecule has 1 aliphatic carbocycles. The van der Waals surface area contributed by atoms with E-state index in [2.05, 4.69) is 21.3 Å². The third-order valence-corrected chi connectivity index (χ3v) is 5.92. The molecule has 0 spiro atoms. The van der Waals surface area contributed by atoms with Gasteiger partial charge in [-0.25, -0.2) is 4.98 Å². The number of rotatable bonds is 6. The van der Waals surface area contributed by atoms with Crippen LogP contribution >= 0.6 is 23.1 Å². The van der Waals surface area contributed by atoms with Gasteiger partial charge in [0.15, 0.2) is 0 Å². The topological polar surface area (TPSA) is 72.1 Å². The Morgan fingerprint density at radius 3 is 2.84 bits per heavy atom. The minimum atomic E-state index is 0.0882. The van der Waals surface area contributed by atoms with E-state index in [4.69, 9.17) is 4.42 Å². The molecular weight excluding hydrogens is 356 g/mol. The molecule has 0 saturated heterocycles. The number of thiazole rings is 1. The van der Waals surface area contributed by atoms with E-state index in [9.17, 15) is 4.79 Å². The molecule has 1 amide bonds. The lowest BCUT2D eigenvalue weighted by molar-refractivity contribution is -0.126. The lowest BCUT2D eigenvalue weighted by Gasteiger charge is -2.26. The summed E-state index contributed by atoms with van der Waals surface area (Å²) in [6, 6.07) is 0. The Morgan fingerprint density at radius 1 is 1.36 bits per heavy atom. The maximum atomic E-state index is 12.5. The largest absolute Gasteiger partial charge is 0.410 e. The van der Waals surface area contributed by atoms with Gasteiger partial charge in [-0.1, -0.05) is 17.8 Å². The number of carbonyl (C=O) groups is 1. The minimum Gasteiger partial charge on any atom is -0.410 e. The average molecular weight is 379 g/mol. The molecule has 3 rings (SSSR count). The lowest BCUT2D eigenvalue weighted by Crippen LogP contribution is -2.32. The first kappa shape index (κ1) is 18.1. The first-order valence-electron chi connectivity index (χ1n) is 8.48. The Balaban J connectivity index is 1.62. The highest BCUT2D eigenvalue weighted by Gasteiger charge is 2.20. The highest BCUT2D eigenvalue weighted by Crippen LogP contribution is 2.30. The van der Waals surface area contributed by atoms with Crippen molar-refractivity contribution in [2.24, 2.45) is 0 Å². The van der Waals surface area contributed by atoms with E-state index in [1.54, 1.807) is 0 Å². The molecule has 0 radical (unpaired) electrons. The van der Waals surface area contributed by atoms with Crippen molar-refractivity contribution >= 4 is 29.0 Å². The van der Waals surface area contributed by atoms with E-state index in [1.807, 2.05) is 25.7 Å². The fourth-order valence-corrected chi connectivity index (χ4v) is 4.38. The van der Waals surface area contributed by atoms with Crippen LogP contribution in [-0.4, -0.2) is 38.3 Å². The van der Waals surface area contributed by atoms with Gasteiger partial charge in [-0.3, -0.25) is 4.79 Å². The van der Waals surface area contributed by atoms with Gasteiger partial charge in [-0.2, -0.15) is 0 Å². The number of nitrogens with zero attached hydrogens (tertiary/aromatic N) is 4. The van der Waals surface area contributed by atoms with Gasteiger partial charge in [0.05, 0.1) is 16.5 Å². The standard InChI is InChI=1S/C17H22N4O2S2/c1-4-21(13-8-6-5-7-9-13)14(22)10-24-17-20-19-16(23-17)15-11(2)18-12(3)25-15/h8H,4-7,9-10H2,1-3H3. The van der Waals surface area contributed by atoms with Gasteiger partial charge >= 0.3 is 0 Å². The van der Waals surface area contributed by atoms with Crippen molar-refractivity contribution < 1.29 is 9.21 Å². The van der Waals surface area contributed by atoms with Crippen molar-refractivity contribution in [1.29, 1.82) is 0 Å². The molecule has 2 heterocycles. The highest BCUT2D eigenvalue weighted by molar-refractivity contribution is 7.99. The van der Waals surface area contributed by atoms with Gasteiger partial charge < -0.3 is 9.32 Å². The fraction of sp³-hybridized carbons (Fsp3) is 0.529. The summed E-state index contributed by atoms with van der Waals surface area (Å²) < 4.78 is 5.70. The number of hydrogen-bond acceptors (Lipinski definition) is 7. The normalized spacial score (nSPS) is 14.4. The molecule has 2 aromatic heterocycles. The summed E-state index contributed by atoms with van der Waals surface area (Å²) in [6.45, 7) is 6.58. The van der Waals surface area contributed by atoms with Crippen LogP contribution in [-0.2, 0) is 4.79 Å². The van der Waals surface area contributed by atoms with E-state index in [-0.39, 0.29) is 5.91 Å². The first-order valence-corrected chi connectivity index (χ1v) is 10.3. The SMILES string of the molecule is CCN(C(=O)CSc1nnc(-c2sc(C)nc2C)o1)C1=CCCCC1. The van der Waals surface area contributed by atoms with E-state index < -0.39 is 0 Å². The lowest BCUT2D eigenvalue weighted by atomic mass is 10.0. The Bertz CT molecular complexity index is 781. The molecule has 0 saturated carbocycles. The van der Waals surface area contributed by atoms with Gasteiger partial charge in [0.25, 0.3) is 11.1 Å². The number of thioether (sulfide) groups is 1. The van der Waals surface area contributed by atoms with Crippen molar-refractivity contribution in [1.82, 2.24) is 20.1 Å². The van der Waals surface area contributed by atoms with Crippen LogP contribution in [0, 0.1) is 13.8 Å². The number of carbonyl (C=O) groups excluding carboxylic acids is 1. The van der Waals surface area contributed by atoms with E-state index >= 15 is 0 Å². The third-order valence-electron chi connectivity index (χ3n) is 4.05. The van der Waals surface area contributed by atoms with Gasteiger partial charge in [0, 0.05) is 12.2 Å². The van der Waals surface area contributed by atoms with Gasteiger partial charge in [0.2, 0.25) is 5.91 Å². The molecule has 0 atom stereocenters. The zero-order valence-electron chi connectivity index (χ0n) is 14.7. The van der Waals surface area contributed by atoms with Crippen molar-refractivity contribution in [2.45, 2.75) is 51.7 Å². The van der Waals surface area contributed by atoms with Crippen LogP contribution in [0.3, 0.4) is 0 Å². The fourth-order valence-electron chi connectivity index (χ4n) is 2.90. The molecule has 134 valence electrons. The molecule has 0 aromatic carbocycles. The summed E-state index contributed by atoms with van der Waals surface area (Å²) in [5, 5.41) is 9.53. The number of allylic oxidation sites excluding steroid dienone is 2. The first-order chi connectivity index (χ1) is 12.1. The van der Waals surface area contributed by atoms with Crippen LogP contribution in [0.4, 0.5) is 0 Å². The van der Waals surface area contributed by atoms with Gasteiger partial charge in [-0.05, 0) is 46.5 Å². The zero-order chi connectivity index (χ0) is 17.8. The summed E-state index contributed by atoms with van der Waals surface area (Å²) in [6.07, 6.45) is 6.61. The van der Waals surface area contributed by atoms with E-state index in [1.165, 1.54) is 29.5 Å². The molecule has 0 unspecified atom stereocenters. The summed E-state index contributed by atoms with van der Waals surface area (Å²) in [5.41, 5.74) is 2.04. The number of hydrogen-bond donors (Lipinski definition) is 0. The van der Waals surface area contributed by atoms with Crippen molar-refractivity contribution in [3.63, 3.8) is 0 Å². The minimum absolute atomic E-state index is 0.0882. The second kappa shape index (κ2) is 8.14. The summed E-state index contributed by atoms with van der Waals surface area (Å²) in [7, 11) is 0. The Labute approximate surface area is 155 Å². The second-order valence-electron chi connectivity index (χ2n) is 5.89.